The number of ether oxygens (including phenoxy) is 1. The number of para-hydroxylation sites is 1. The predicted octanol–water partition coefficient (Wildman–Crippen LogP) is 3.17. The molecule has 1 atom stereocenters. The monoisotopic (exact) mass is 499 g/mol. The fourth-order valence-electron chi connectivity index (χ4n) is 4.09. The SMILES string of the molecule is CCn1c(S[C@@H](C)c2nc3ccccc3c(=O)[nH]2)nc2cc(S(=O)(=O)N3CCOCC3)ccc21. The van der Waals surface area contributed by atoms with Crippen LogP contribution in [0.4, 0.5) is 0 Å². The Labute approximate surface area is 201 Å². The Balaban J connectivity index is 1.48. The molecule has 1 aliphatic heterocycles. The summed E-state index contributed by atoms with van der Waals surface area (Å²) in [6.45, 7) is 6.14. The van der Waals surface area contributed by atoms with Crippen LogP contribution < -0.4 is 5.56 Å². The number of aromatic amines is 1. The first-order chi connectivity index (χ1) is 16.4. The minimum Gasteiger partial charge on any atom is -0.379 e. The van der Waals surface area contributed by atoms with E-state index in [0.29, 0.717) is 55.1 Å². The predicted molar refractivity (Wildman–Crippen MR) is 132 cm³/mol. The van der Waals surface area contributed by atoms with Crippen molar-refractivity contribution in [3.63, 3.8) is 0 Å². The molecule has 0 spiro atoms. The molecule has 4 aromatic rings. The molecule has 0 amide bonds. The molecule has 0 unspecified atom stereocenters. The number of H-pyrrole nitrogens is 1. The van der Waals surface area contributed by atoms with Gasteiger partial charge in [0.1, 0.15) is 5.82 Å². The van der Waals surface area contributed by atoms with E-state index in [1.165, 1.54) is 16.1 Å². The molecule has 2 aromatic carbocycles. The zero-order valence-electron chi connectivity index (χ0n) is 18.9. The Kier molecular flexibility index (Phi) is 6.19. The van der Waals surface area contributed by atoms with Crippen molar-refractivity contribution in [2.24, 2.45) is 0 Å². The summed E-state index contributed by atoms with van der Waals surface area (Å²) in [5.74, 6) is 0.569. The second kappa shape index (κ2) is 9.14. The highest BCUT2D eigenvalue weighted by Crippen LogP contribution is 2.35. The standard InChI is InChI=1S/C23H25N5O4S2/c1-3-28-20-9-8-16(34(30,31)27-10-12-32-13-11-27)14-19(20)25-23(28)33-15(2)21-24-18-7-5-4-6-17(18)22(29)26-21/h4-9,14-15H,3,10-13H2,1-2H3,(H,24,26,29)/t15-/m0/s1. The average molecular weight is 500 g/mol. The minimum absolute atomic E-state index is 0.170. The fourth-order valence-corrected chi connectivity index (χ4v) is 6.56. The summed E-state index contributed by atoms with van der Waals surface area (Å²) < 4.78 is 34.9. The molecule has 2 aromatic heterocycles. The van der Waals surface area contributed by atoms with E-state index in [1.807, 2.05) is 42.7 Å². The summed E-state index contributed by atoms with van der Waals surface area (Å²) in [6.07, 6.45) is 0. The molecule has 1 N–H and O–H groups in total. The van der Waals surface area contributed by atoms with Crippen LogP contribution >= 0.6 is 11.8 Å². The Morgan fingerprint density at radius 3 is 2.65 bits per heavy atom. The lowest BCUT2D eigenvalue weighted by Crippen LogP contribution is -2.40. The van der Waals surface area contributed by atoms with Crippen LogP contribution in [0.5, 0.6) is 0 Å². The van der Waals surface area contributed by atoms with Crippen molar-refractivity contribution >= 4 is 43.7 Å². The molecule has 9 nitrogen and oxygen atoms in total. The first kappa shape index (κ1) is 23.0. The van der Waals surface area contributed by atoms with Gasteiger partial charge in [-0.05, 0) is 44.2 Å². The highest BCUT2D eigenvalue weighted by atomic mass is 32.2. The third-order valence-corrected chi connectivity index (χ3v) is 8.90. The Hall–Kier alpha value is -2.73. The molecule has 1 aliphatic rings. The molecule has 178 valence electrons. The number of thioether (sulfide) groups is 1. The van der Waals surface area contributed by atoms with E-state index in [1.54, 1.807) is 18.2 Å². The van der Waals surface area contributed by atoms with Crippen LogP contribution in [0.3, 0.4) is 0 Å². The number of imidazole rings is 1. The van der Waals surface area contributed by atoms with E-state index in [4.69, 9.17) is 9.72 Å². The van der Waals surface area contributed by atoms with Crippen molar-refractivity contribution < 1.29 is 13.2 Å². The summed E-state index contributed by atoms with van der Waals surface area (Å²) in [5, 5.41) is 1.12. The molecular formula is C23H25N5O4S2. The number of sulfonamides is 1. The third kappa shape index (κ3) is 4.13. The number of rotatable bonds is 6. The van der Waals surface area contributed by atoms with Gasteiger partial charge < -0.3 is 14.3 Å². The van der Waals surface area contributed by atoms with E-state index >= 15 is 0 Å². The van der Waals surface area contributed by atoms with Crippen LogP contribution in [0.2, 0.25) is 0 Å². The van der Waals surface area contributed by atoms with Crippen molar-refractivity contribution in [1.82, 2.24) is 23.8 Å². The number of morpholine rings is 1. The van der Waals surface area contributed by atoms with Crippen LogP contribution in [0.15, 0.2) is 57.3 Å². The van der Waals surface area contributed by atoms with E-state index in [-0.39, 0.29) is 15.7 Å². The van der Waals surface area contributed by atoms with Gasteiger partial charge in [-0.1, -0.05) is 23.9 Å². The molecule has 0 bridgehead atoms. The van der Waals surface area contributed by atoms with Crippen molar-refractivity contribution in [2.45, 2.75) is 35.7 Å². The molecule has 1 fully saturated rings. The topological polar surface area (TPSA) is 110 Å². The second-order valence-electron chi connectivity index (χ2n) is 8.03. The molecule has 1 saturated heterocycles. The molecule has 0 saturated carbocycles. The molecule has 0 radical (unpaired) electrons. The number of aryl methyl sites for hydroxylation is 1. The maximum atomic E-state index is 13.1. The minimum atomic E-state index is -3.61. The summed E-state index contributed by atoms with van der Waals surface area (Å²) in [6, 6.07) is 12.3. The first-order valence-corrected chi connectivity index (χ1v) is 13.4. The number of aromatic nitrogens is 4. The van der Waals surface area contributed by atoms with Gasteiger partial charge >= 0.3 is 0 Å². The smallest absolute Gasteiger partial charge is 0.258 e. The number of nitrogens with one attached hydrogen (secondary N) is 1. The van der Waals surface area contributed by atoms with Crippen molar-refractivity contribution in [3.05, 3.63) is 58.6 Å². The average Bonchev–Trinajstić information content (AvgIpc) is 3.20. The van der Waals surface area contributed by atoms with Gasteiger partial charge in [0.05, 0.1) is 45.3 Å². The van der Waals surface area contributed by atoms with Gasteiger partial charge in [-0.3, -0.25) is 4.79 Å². The third-order valence-electron chi connectivity index (χ3n) is 5.91. The van der Waals surface area contributed by atoms with Gasteiger partial charge in [-0.15, -0.1) is 0 Å². The van der Waals surface area contributed by atoms with Crippen LogP contribution in [0, 0.1) is 0 Å². The van der Waals surface area contributed by atoms with Crippen molar-refractivity contribution in [3.8, 4) is 0 Å². The fraction of sp³-hybridized carbons (Fsp3) is 0.348. The van der Waals surface area contributed by atoms with Gasteiger partial charge in [0.15, 0.2) is 5.16 Å². The van der Waals surface area contributed by atoms with Crippen LogP contribution in [0.25, 0.3) is 21.9 Å². The largest absolute Gasteiger partial charge is 0.379 e. The highest BCUT2D eigenvalue weighted by Gasteiger charge is 2.27. The highest BCUT2D eigenvalue weighted by molar-refractivity contribution is 7.99. The van der Waals surface area contributed by atoms with Gasteiger partial charge in [0.2, 0.25) is 10.0 Å². The normalized spacial score (nSPS) is 16.3. The van der Waals surface area contributed by atoms with Gasteiger partial charge in [-0.2, -0.15) is 4.31 Å². The second-order valence-corrected chi connectivity index (χ2v) is 11.3. The van der Waals surface area contributed by atoms with E-state index in [2.05, 4.69) is 9.97 Å². The lowest BCUT2D eigenvalue weighted by molar-refractivity contribution is 0.0730. The Morgan fingerprint density at radius 1 is 1.12 bits per heavy atom. The zero-order chi connectivity index (χ0) is 23.9. The number of nitrogens with zero attached hydrogens (tertiary/aromatic N) is 4. The molecule has 3 heterocycles. The summed E-state index contributed by atoms with van der Waals surface area (Å²) in [4.78, 5) is 25.0. The van der Waals surface area contributed by atoms with Gasteiger partial charge in [-0.25, -0.2) is 18.4 Å². The van der Waals surface area contributed by atoms with E-state index in [0.717, 1.165) is 10.7 Å². The van der Waals surface area contributed by atoms with Crippen LogP contribution in [-0.4, -0.2) is 58.5 Å². The lowest BCUT2D eigenvalue weighted by Gasteiger charge is -2.26. The molecule has 11 heteroatoms. The summed E-state index contributed by atoms with van der Waals surface area (Å²) in [7, 11) is -3.61. The molecular weight excluding hydrogens is 474 g/mol. The van der Waals surface area contributed by atoms with E-state index in [9.17, 15) is 13.2 Å². The van der Waals surface area contributed by atoms with Crippen LogP contribution in [0.1, 0.15) is 24.9 Å². The number of hydrogen-bond acceptors (Lipinski definition) is 7. The number of benzene rings is 2. The Morgan fingerprint density at radius 2 is 1.88 bits per heavy atom. The first-order valence-electron chi connectivity index (χ1n) is 11.1. The zero-order valence-corrected chi connectivity index (χ0v) is 20.5. The summed E-state index contributed by atoms with van der Waals surface area (Å²) >= 11 is 1.48. The Bertz CT molecular complexity index is 1520. The lowest BCUT2D eigenvalue weighted by atomic mass is 10.2. The van der Waals surface area contributed by atoms with Gasteiger partial charge in [0, 0.05) is 19.6 Å². The maximum Gasteiger partial charge on any atom is 0.258 e. The van der Waals surface area contributed by atoms with Crippen molar-refractivity contribution in [2.75, 3.05) is 26.3 Å². The number of fused-ring (bicyclic) bond motifs is 2. The quantitative estimate of drug-likeness (QED) is 0.406. The summed E-state index contributed by atoms with van der Waals surface area (Å²) in [5.41, 5.74) is 1.95. The molecule has 0 aliphatic carbocycles. The van der Waals surface area contributed by atoms with Crippen LogP contribution in [-0.2, 0) is 21.3 Å². The van der Waals surface area contributed by atoms with Gasteiger partial charge in [0.25, 0.3) is 5.56 Å². The molecule has 34 heavy (non-hydrogen) atoms. The maximum absolute atomic E-state index is 13.1. The number of hydrogen-bond donors (Lipinski definition) is 1. The van der Waals surface area contributed by atoms with E-state index < -0.39 is 10.0 Å². The molecule has 5 rings (SSSR count). The van der Waals surface area contributed by atoms with Crippen molar-refractivity contribution in [1.29, 1.82) is 0 Å².